The van der Waals surface area contributed by atoms with Crippen LogP contribution in [0.3, 0.4) is 0 Å². The van der Waals surface area contributed by atoms with Gasteiger partial charge >= 0.3 is 0 Å². The van der Waals surface area contributed by atoms with Gasteiger partial charge in [-0.05, 0) is 26.1 Å². The Morgan fingerprint density at radius 2 is 1.93 bits per heavy atom. The van der Waals surface area contributed by atoms with E-state index in [4.69, 9.17) is 0 Å². The van der Waals surface area contributed by atoms with Gasteiger partial charge in [0.15, 0.2) is 0 Å². The second-order valence-electron chi connectivity index (χ2n) is 3.73. The van der Waals surface area contributed by atoms with E-state index in [-0.39, 0.29) is 5.83 Å². The number of rotatable bonds is 8. The van der Waals surface area contributed by atoms with Gasteiger partial charge in [-0.3, -0.25) is 0 Å². The standard InChI is InChI=1S/C13H22FN/c1-5-8-9-10-15(4)11-12(6-2)13(14)7-3/h6-7H,2-3,5,8-11H2,1,4H3/b13-12-. The predicted molar refractivity (Wildman–Crippen MR) is 65.6 cm³/mol. The molecule has 0 amide bonds. The number of halogens is 1. The lowest BCUT2D eigenvalue weighted by atomic mass is 10.2. The molecule has 15 heavy (non-hydrogen) atoms. The lowest BCUT2D eigenvalue weighted by Gasteiger charge is -2.17. The molecule has 0 aliphatic carbocycles. The molecule has 0 heterocycles. The first kappa shape index (κ1) is 14.1. The maximum Gasteiger partial charge on any atom is 0.127 e. The van der Waals surface area contributed by atoms with Crippen LogP contribution in [-0.4, -0.2) is 25.0 Å². The molecule has 0 aliphatic rings. The molecule has 86 valence electrons. The molecule has 2 heteroatoms. The monoisotopic (exact) mass is 211 g/mol. The molecule has 0 aromatic rings. The molecule has 0 saturated carbocycles. The smallest absolute Gasteiger partial charge is 0.127 e. The summed E-state index contributed by atoms with van der Waals surface area (Å²) in [7, 11) is 2.00. The van der Waals surface area contributed by atoms with Crippen molar-refractivity contribution in [1.82, 2.24) is 4.90 Å². The summed E-state index contributed by atoms with van der Waals surface area (Å²) < 4.78 is 13.2. The summed E-state index contributed by atoms with van der Waals surface area (Å²) in [5, 5.41) is 0. The second kappa shape index (κ2) is 8.42. The number of unbranched alkanes of at least 4 members (excludes halogenated alkanes) is 2. The number of nitrogens with zero attached hydrogens (tertiary/aromatic N) is 1. The molecule has 0 atom stereocenters. The third kappa shape index (κ3) is 6.24. The van der Waals surface area contributed by atoms with Crippen LogP contribution in [0.25, 0.3) is 0 Å². The van der Waals surface area contributed by atoms with E-state index in [1.54, 1.807) is 6.08 Å². The van der Waals surface area contributed by atoms with E-state index in [0.29, 0.717) is 12.1 Å². The summed E-state index contributed by atoms with van der Waals surface area (Å²) in [6.07, 6.45) is 6.39. The Hall–Kier alpha value is -0.890. The zero-order valence-electron chi connectivity index (χ0n) is 9.93. The highest BCUT2D eigenvalue weighted by Gasteiger charge is 2.04. The van der Waals surface area contributed by atoms with E-state index in [9.17, 15) is 4.39 Å². The second-order valence-corrected chi connectivity index (χ2v) is 3.73. The molecule has 0 aromatic heterocycles. The van der Waals surface area contributed by atoms with Gasteiger partial charge in [-0.2, -0.15) is 0 Å². The quantitative estimate of drug-likeness (QED) is 0.437. The van der Waals surface area contributed by atoms with Crippen LogP contribution in [0.2, 0.25) is 0 Å². The van der Waals surface area contributed by atoms with Crippen LogP contribution in [0, 0.1) is 0 Å². The van der Waals surface area contributed by atoms with Crippen molar-refractivity contribution in [3.8, 4) is 0 Å². The first-order valence-corrected chi connectivity index (χ1v) is 5.47. The summed E-state index contributed by atoms with van der Waals surface area (Å²) in [6.45, 7) is 10.8. The van der Waals surface area contributed by atoms with Gasteiger partial charge < -0.3 is 4.90 Å². The molecular formula is C13H22FN. The van der Waals surface area contributed by atoms with E-state index in [1.807, 2.05) is 7.05 Å². The van der Waals surface area contributed by atoms with Gasteiger partial charge in [0.2, 0.25) is 0 Å². The Morgan fingerprint density at radius 3 is 2.40 bits per heavy atom. The number of hydrogen-bond donors (Lipinski definition) is 0. The zero-order chi connectivity index (χ0) is 11.7. The fraction of sp³-hybridized carbons (Fsp3) is 0.538. The fourth-order valence-corrected chi connectivity index (χ4v) is 1.37. The molecule has 0 bridgehead atoms. The summed E-state index contributed by atoms with van der Waals surface area (Å²) in [5.74, 6) is -0.271. The van der Waals surface area contributed by atoms with E-state index in [2.05, 4.69) is 25.0 Å². The van der Waals surface area contributed by atoms with E-state index < -0.39 is 0 Å². The third-order valence-corrected chi connectivity index (χ3v) is 2.32. The molecular weight excluding hydrogens is 189 g/mol. The highest BCUT2D eigenvalue weighted by molar-refractivity contribution is 5.27. The molecule has 0 rings (SSSR count). The van der Waals surface area contributed by atoms with Crippen LogP contribution in [0.1, 0.15) is 26.2 Å². The van der Waals surface area contributed by atoms with Crippen molar-refractivity contribution in [3.63, 3.8) is 0 Å². The third-order valence-electron chi connectivity index (χ3n) is 2.32. The van der Waals surface area contributed by atoms with Gasteiger partial charge in [0.05, 0.1) is 0 Å². The van der Waals surface area contributed by atoms with Crippen LogP contribution in [0.4, 0.5) is 4.39 Å². The summed E-state index contributed by atoms with van der Waals surface area (Å²) >= 11 is 0. The Kier molecular flexibility index (Phi) is 7.92. The van der Waals surface area contributed by atoms with Crippen molar-refractivity contribution >= 4 is 0 Å². The van der Waals surface area contributed by atoms with E-state index >= 15 is 0 Å². The number of allylic oxidation sites excluding steroid dienone is 2. The number of likely N-dealkylation sites (N-methyl/N-ethyl adjacent to an activating group) is 1. The normalized spacial score (nSPS) is 12.5. The van der Waals surface area contributed by atoms with Gasteiger partial charge in [0, 0.05) is 12.1 Å². The minimum Gasteiger partial charge on any atom is -0.302 e. The van der Waals surface area contributed by atoms with E-state index in [0.717, 1.165) is 13.0 Å². The molecule has 0 aromatic carbocycles. The molecule has 0 unspecified atom stereocenters. The Labute approximate surface area is 93.0 Å². The Morgan fingerprint density at radius 1 is 1.27 bits per heavy atom. The average molecular weight is 211 g/mol. The van der Waals surface area contributed by atoms with Crippen molar-refractivity contribution < 1.29 is 4.39 Å². The highest BCUT2D eigenvalue weighted by atomic mass is 19.1. The maximum absolute atomic E-state index is 13.2. The molecule has 0 fully saturated rings. The van der Waals surface area contributed by atoms with Gasteiger partial charge in [-0.25, -0.2) is 4.39 Å². The van der Waals surface area contributed by atoms with Gasteiger partial charge in [0.1, 0.15) is 5.83 Å². The summed E-state index contributed by atoms with van der Waals surface area (Å²) in [4.78, 5) is 2.11. The molecule has 0 N–H and O–H groups in total. The van der Waals surface area contributed by atoms with Crippen LogP contribution in [0.5, 0.6) is 0 Å². The Balaban J connectivity index is 4.07. The van der Waals surface area contributed by atoms with Crippen LogP contribution in [0.15, 0.2) is 36.7 Å². The highest BCUT2D eigenvalue weighted by Crippen LogP contribution is 2.10. The largest absolute Gasteiger partial charge is 0.302 e. The van der Waals surface area contributed by atoms with Crippen molar-refractivity contribution in [3.05, 3.63) is 36.7 Å². The van der Waals surface area contributed by atoms with Gasteiger partial charge in [-0.15, -0.1) is 0 Å². The van der Waals surface area contributed by atoms with Crippen molar-refractivity contribution in [2.24, 2.45) is 0 Å². The van der Waals surface area contributed by atoms with Gasteiger partial charge in [0.25, 0.3) is 0 Å². The molecule has 0 aliphatic heterocycles. The lowest BCUT2D eigenvalue weighted by Crippen LogP contribution is -2.22. The maximum atomic E-state index is 13.2. The molecule has 0 saturated heterocycles. The molecule has 1 nitrogen and oxygen atoms in total. The van der Waals surface area contributed by atoms with Crippen LogP contribution >= 0.6 is 0 Å². The van der Waals surface area contributed by atoms with Crippen LogP contribution in [-0.2, 0) is 0 Å². The lowest BCUT2D eigenvalue weighted by molar-refractivity contribution is 0.351. The summed E-state index contributed by atoms with van der Waals surface area (Å²) in [5.41, 5.74) is 0.615. The summed E-state index contributed by atoms with van der Waals surface area (Å²) in [6, 6.07) is 0. The topological polar surface area (TPSA) is 3.24 Å². The zero-order valence-corrected chi connectivity index (χ0v) is 9.93. The van der Waals surface area contributed by atoms with Crippen LogP contribution < -0.4 is 0 Å². The van der Waals surface area contributed by atoms with Crippen molar-refractivity contribution in [1.29, 1.82) is 0 Å². The fourth-order valence-electron chi connectivity index (χ4n) is 1.37. The van der Waals surface area contributed by atoms with Gasteiger partial charge in [-0.1, -0.05) is 39.0 Å². The molecule has 0 radical (unpaired) electrons. The first-order chi connectivity index (χ1) is 7.15. The number of hydrogen-bond acceptors (Lipinski definition) is 1. The minimum absolute atomic E-state index is 0.271. The van der Waals surface area contributed by atoms with Crippen molar-refractivity contribution in [2.45, 2.75) is 26.2 Å². The van der Waals surface area contributed by atoms with Crippen molar-refractivity contribution in [2.75, 3.05) is 20.1 Å². The molecule has 0 spiro atoms. The average Bonchev–Trinajstić information content (AvgIpc) is 2.25. The Bertz CT molecular complexity index is 231. The minimum atomic E-state index is -0.271. The predicted octanol–water partition coefficient (Wildman–Crippen LogP) is 3.70. The van der Waals surface area contributed by atoms with E-state index in [1.165, 1.54) is 18.9 Å². The first-order valence-electron chi connectivity index (χ1n) is 5.47. The SMILES string of the molecule is C=C/C(F)=C(\C=C)CN(C)CCCCC.